The van der Waals surface area contributed by atoms with Crippen LogP contribution in [0.2, 0.25) is 0 Å². The van der Waals surface area contributed by atoms with Crippen molar-refractivity contribution in [1.29, 1.82) is 0 Å². The van der Waals surface area contributed by atoms with Gasteiger partial charge in [-0.1, -0.05) is 134 Å². The third-order valence-electron chi connectivity index (χ3n) is 11.8. The molecule has 4 aromatic heterocycles. The molecule has 6 aromatic carbocycles. The number of allylic oxidation sites excluding steroid dienone is 4. The molecule has 0 spiro atoms. The summed E-state index contributed by atoms with van der Waals surface area (Å²) < 4.78 is 4.91. The summed E-state index contributed by atoms with van der Waals surface area (Å²) in [5, 5.41) is 3.70. The van der Waals surface area contributed by atoms with Crippen molar-refractivity contribution >= 4 is 44.4 Å². The van der Waals surface area contributed by atoms with Crippen molar-refractivity contribution in [3.05, 3.63) is 206 Å². The molecule has 0 bridgehead atoms. The highest BCUT2D eigenvalue weighted by Gasteiger charge is 2.25. The minimum absolute atomic E-state index is 0.601. The normalized spacial score (nSPS) is 12.6. The average molecular weight is 785 g/mol. The van der Waals surface area contributed by atoms with E-state index in [9.17, 15) is 0 Å². The van der Waals surface area contributed by atoms with Gasteiger partial charge in [-0.05, 0) is 80.4 Å². The number of nitrogens with zero attached hydrogens (tertiary/aromatic N) is 6. The smallest absolute Gasteiger partial charge is 0.164 e. The number of benzene rings is 6. The Morgan fingerprint density at radius 3 is 1.98 bits per heavy atom. The van der Waals surface area contributed by atoms with E-state index >= 15 is 0 Å². The lowest BCUT2D eigenvalue weighted by atomic mass is 10.0. The van der Waals surface area contributed by atoms with E-state index in [0.29, 0.717) is 17.5 Å². The summed E-state index contributed by atoms with van der Waals surface area (Å²) in [6.07, 6.45) is 10.3. The maximum absolute atomic E-state index is 5.13. The molecule has 0 atom stereocenters. The maximum Gasteiger partial charge on any atom is 0.164 e. The summed E-state index contributed by atoms with van der Waals surface area (Å²) in [5.74, 6) is 1.85. The van der Waals surface area contributed by atoms with Crippen molar-refractivity contribution in [3.8, 4) is 56.7 Å². The van der Waals surface area contributed by atoms with Crippen LogP contribution < -0.4 is 0 Å². The first kappa shape index (κ1) is 36.1. The van der Waals surface area contributed by atoms with Crippen molar-refractivity contribution in [3.63, 3.8) is 0 Å². The summed E-state index contributed by atoms with van der Waals surface area (Å²) in [6, 6.07) is 57.6. The highest BCUT2D eigenvalue weighted by molar-refractivity contribution is 6.20. The van der Waals surface area contributed by atoms with Gasteiger partial charge in [-0.3, -0.25) is 0 Å². The summed E-state index contributed by atoms with van der Waals surface area (Å²) in [5.41, 5.74) is 15.1. The molecule has 11 rings (SSSR count). The topological polar surface area (TPSA) is 61.4 Å². The maximum atomic E-state index is 5.13. The molecule has 0 fully saturated rings. The average Bonchev–Trinajstić information content (AvgIpc) is 3.86. The molecule has 0 saturated carbocycles. The molecule has 10 aromatic rings. The van der Waals surface area contributed by atoms with E-state index in [-0.39, 0.29) is 0 Å². The molecule has 61 heavy (non-hydrogen) atoms. The van der Waals surface area contributed by atoms with E-state index in [0.717, 1.165) is 63.4 Å². The molecule has 1 aliphatic rings. The van der Waals surface area contributed by atoms with Gasteiger partial charge in [0.25, 0.3) is 0 Å². The van der Waals surface area contributed by atoms with Gasteiger partial charge in [0.05, 0.1) is 27.9 Å². The quantitative estimate of drug-likeness (QED) is 0.144. The summed E-state index contributed by atoms with van der Waals surface area (Å²) >= 11 is 0. The molecular formula is C55H40N6. The lowest BCUT2D eigenvalue weighted by Gasteiger charge is -2.14. The Bertz CT molecular complexity index is 3370. The van der Waals surface area contributed by atoms with E-state index in [4.69, 9.17) is 19.9 Å². The zero-order chi connectivity index (χ0) is 40.9. The third-order valence-corrected chi connectivity index (χ3v) is 11.8. The molecule has 0 aliphatic heterocycles. The highest BCUT2D eigenvalue weighted by atomic mass is 15.0. The van der Waals surface area contributed by atoms with Crippen molar-refractivity contribution in [2.45, 2.75) is 19.8 Å². The van der Waals surface area contributed by atoms with E-state index in [1.54, 1.807) is 6.08 Å². The molecule has 0 N–H and O–H groups in total. The fraction of sp³-hybridized carbons (Fsp3) is 0.0545. The Hall–Kier alpha value is -7.96. The van der Waals surface area contributed by atoms with Gasteiger partial charge >= 0.3 is 0 Å². The minimum atomic E-state index is 0.601. The fourth-order valence-electron chi connectivity index (χ4n) is 8.94. The highest BCUT2D eigenvalue weighted by Crippen LogP contribution is 2.43. The van der Waals surface area contributed by atoms with Crippen LogP contribution in [0.4, 0.5) is 0 Å². The van der Waals surface area contributed by atoms with Crippen LogP contribution in [0.5, 0.6) is 0 Å². The number of pyridine rings is 1. The van der Waals surface area contributed by atoms with Crippen LogP contribution >= 0.6 is 0 Å². The Kier molecular flexibility index (Phi) is 8.89. The zero-order valence-electron chi connectivity index (χ0n) is 33.7. The molecule has 1 aliphatic carbocycles. The van der Waals surface area contributed by atoms with Gasteiger partial charge in [0.2, 0.25) is 0 Å². The monoisotopic (exact) mass is 784 g/mol. The van der Waals surface area contributed by atoms with Crippen molar-refractivity contribution in [2.24, 2.45) is 0 Å². The predicted molar refractivity (Wildman–Crippen MR) is 252 cm³/mol. The molecule has 0 amide bonds. The number of rotatable bonds is 8. The van der Waals surface area contributed by atoms with Gasteiger partial charge in [0.1, 0.15) is 0 Å². The first-order valence-corrected chi connectivity index (χ1v) is 20.8. The van der Waals surface area contributed by atoms with E-state index in [1.807, 2.05) is 49.4 Å². The molecule has 0 radical (unpaired) electrons. The fourth-order valence-corrected chi connectivity index (χ4v) is 8.94. The SMILES string of the molecule is C=C/C(=C\C)c1nc(-c2ccccc2)nc(-c2ccc(-n3c4c(c5c3ccc3c6ccccc6n(-c6cccc(-c7cccc(-c8ccccc8)n7)c6)c35)C=CCC4)cc2)n1. The second-order valence-corrected chi connectivity index (χ2v) is 15.3. The zero-order valence-corrected chi connectivity index (χ0v) is 33.7. The number of para-hydroxylation sites is 1. The second-order valence-electron chi connectivity index (χ2n) is 15.3. The van der Waals surface area contributed by atoms with Gasteiger partial charge in [-0.15, -0.1) is 0 Å². The second kappa shape index (κ2) is 15.0. The van der Waals surface area contributed by atoms with Crippen LogP contribution in [-0.2, 0) is 6.42 Å². The predicted octanol–water partition coefficient (Wildman–Crippen LogP) is 13.5. The standard InChI is InChI=1S/C55H40N6/c1-3-36(4-2)53-57-54(38-19-9-6-10-20-38)59-55(58-53)39-29-31-41(32-30-39)60-49-28-14-12-24-45(49)51-50(60)34-33-44-43-23-11-13-27-48(43)61(52(44)51)42-22-15-21-40(35-42)47-26-16-25-46(56-47)37-17-7-5-8-18-37/h3-13,15-27,29-35H,1,14,28H2,2H3/b36-4+. The molecule has 6 heteroatoms. The lowest BCUT2D eigenvalue weighted by Crippen LogP contribution is -2.04. The van der Waals surface area contributed by atoms with Crippen molar-refractivity contribution in [2.75, 3.05) is 0 Å². The first-order valence-electron chi connectivity index (χ1n) is 20.8. The van der Waals surface area contributed by atoms with Gasteiger partial charge in [0, 0.05) is 66.6 Å². The van der Waals surface area contributed by atoms with Gasteiger partial charge < -0.3 is 9.13 Å². The molecule has 0 saturated heterocycles. The minimum Gasteiger partial charge on any atom is -0.313 e. The van der Waals surface area contributed by atoms with Crippen LogP contribution in [-0.4, -0.2) is 29.1 Å². The summed E-state index contributed by atoms with van der Waals surface area (Å²) in [6.45, 7) is 5.99. The summed E-state index contributed by atoms with van der Waals surface area (Å²) in [4.78, 5) is 19.9. The van der Waals surface area contributed by atoms with Gasteiger partial charge in [-0.2, -0.15) is 0 Å². The summed E-state index contributed by atoms with van der Waals surface area (Å²) in [7, 11) is 0. The Morgan fingerprint density at radius 2 is 1.23 bits per heavy atom. The number of aromatic nitrogens is 6. The van der Waals surface area contributed by atoms with Crippen LogP contribution in [0, 0.1) is 0 Å². The molecule has 290 valence electrons. The Labute approximate surface area is 354 Å². The lowest BCUT2D eigenvalue weighted by molar-refractivity contribution is 0.888. The van der Waals surface area contributed by atoms with Crippen molar-refractivity contribution < 1.29 is 0 Å². The van der Waals surface area contributed by atoms with Gasteiger partial charge in [-0.25, -0.2) is 19.9 Å². The molecule has 6 nitrogen and oxygen atoms in total. The number of hydrogen-bond donors (Lipinski definition) is 0. The van der Waals surface area contributed by atoms with Gasteiger partial charge in [0.15, 0.2) is 17.5 Å². The van der Waals surface area contributed by atoms with Crippen LogP contribution in [0.3, 0.4) is 0 Å². The third kappa shape index (κ3) is 6.19. The van der Waals surface area contributed by atoms with Crippen LogP contribution in [0.1, 0.15) is 30.4 Å². The molecule has 0 unspecified atom stereocenters. The number of fused-ring (bicyclic) bond motifs is 7. The molecule has 4 heterocycles. The van der Waals surface area contributed by atoms with E-state index in [2.05, 4.69) is 155 Å². The Balaban J connectivity index is 1.07. The first-order chi connectivity index (χ1) is 30.2. The van der Waals surface area contributed by atoms with Crippen LogP contribution in [0.25, 0.3) is 101 Å². The van der Waals surface area contributed by atoms with E-state index < -0.39 is 0 Å². The van der Waals surface area contributed by atoms with E-state index in [1.165, 1.54) is 44.0 Å². The number of hydrogen-bond acceptors (Lipinski definition) is 4. The molecular weight excluding hydrogens is 745 g/mol. The largest absolute Gasteiger partial charge is 0.313 e. The van der Waals surface area contributed by atoms with Crippen molar-refractivity contribution in [1.82, 2.24) is 29.1 Å². The Morgan fingerprint density at radius 1 is 0.557 bits per heavy atom. The van der Waals surface area contributed by atoms with Crippen LogP contribution in [0.15, 0.2) is 189 Å².